The highest BCUT2D eigenvalue weighted by Gasteiger charge is 2.30. The van der Waals surface area contributed by atoms with Gasteiger partial charge in [0, 0.05) is 23.5 Å². The van der Waals surface area contributed by atoms with Crippen molar-refractivity contribution >= 4 is 5.91 Å². The summed E-state index contributed by atoms with van der Waals surface area (Å²) < 4.78 is 39.3. The third-order valence-electron chi connectivity index (χ3n) is 3.52. The largest absolute Gasteiger partial charge is 0.417 e. The molecule has 0 radical (unpaired) electrons. The summed E-state index contributed by atoms with van der Waals surface area (Å²) in [6.45, 7) is 7.25. The molecule has 0 spiro atoms. The first-order chi connectivity index (χ1) is 11.1. The number of carbonyl (C=O) groups excluding carboxylic acids is 1. The first-order valence-electron chi connectivity index (χ1n) is 7.47. The lowest BCUT2D eigenvalue weighted by Gasteiger charge is -2.09. The third kappa shape index (κ3) is 3.93. The van der Waals surface area contributed by atoms with Gasteiger partial charge >= 0.3 is 6.18 Å². The summed E-state index contributed by atoms with van der Waals surface area (Å²) in [4.78, 5) is 15.8. The zero-order chi connectivity index (χ0) is 18.1. The van der Waals surface area contributed by atoms with E-state index < -0.39 is 11.7 Å². The molecule has 2 aromatic rings. The standard InChI is InChI=1S/C16H19F3N4O/c1-9(2)21-15(24)7-13-10(3)22-23(11(13)4)14-6-5-12(8-20-14)16(17,18)19/h5-6,8-9H,7H2,1-4H3,(H,21,24). The van der Waals surface area contributed by atoms with Gasteiger partial charge in [-0.05, 0) is 39.8 Å². The number of nitrogens with zero attached hydrogens (tertiary/aromatic N) is 3. The molecule has 0 unspecified atom stereocenters. The summed E-state index contributed by atoms with van der Waals surface area (Å²) in [7, 11) is 0. The van der Waals surface area contributed by atoms with E-state index >= 15 is 0 Å². The quantitative estimate of drug-likeness (QED) is 0.931. The van der Waals surface area contributed by atoms with Crippen molar-refractivity contribution in [1.82, 2.24) is 20.1 Å². The van der Waals surface area contributed by atoms with E-state index in [0.29, 0.717) is 11.4 Å². The predicted octanol–water partition coefficient (Wildman–Crippen LogP) is 2.97. The van der Waals surface area contributed by atoms with Gasteiger partial charge < -0.3 is 5.32 Å². The molecule has 0 fully saturated rings. The van der Waals surface area contributed by atoms with E-state index in [1.165, 1.54) is 10.7 Å². The van der Waals surface area contributed by atoms with Crippen LogP contribution in [0.3, 0.4) is 0 Å². The van der Waals surface area contributed by atoms with Gasteiger partial charge in [0.25, 0.3) is 0 Å². The molecule has 5 nitrogen and oxygen atoms in total. The molecular formula is C16H19F3N4O. The number of nitrogens with one attached hydrogen (secondary N) is 1. The van der Waals surface area contributed by atoms with Gasteiger partial charge in [-0.3, -0.25) is 4.79 Å². The van der Waals surface area contributed by atoms with E-state index in [0.717, 1.165) is 17.8 Å². The Hall–Kier alpha value is -2.38. The molecule has 0 aliphatic rings. The average molecular weight is 340 g/mol. The fraction of sp³-hybridized carbons (Fsp3) is 0.438. The molecule has 0 aliphatic carbocycles. The van der Waals surface area contributed by atoms with Crippen molar-refractivity contribution in [3.8, 4) is 5.82 Å². The number of aromatic nitrogens is 3. The minimum atomic E-state index is -4.43. The Morgan fingerprint density at radius 1 is 1.29 bits per heavy atom. The Morgan fingerprint density at radius 2 is 1.96 bits per heavy atom. The minimum absolute atomic E-state index is 0.0322. The molecule has 0 saturated heterocycles. The lowest BCUT2D eigenvalue weighted by atomic mass is 10.1. The van der Waals surface area contributed by atoms with Crippen molar-refractivity contribution in [2.75, 3.05) is 0 Å². The molecular weight excluding hydrogens is 321 g/mol. The van der Waals surface area contributed by atoms with Gasteiger partial charge in [0.1, 0.15) is 0 Å². The van der Waals surface area contributed by atoms with Gasteiger partial charge in [-0.25, -0.2) is 9.67 Å². The second kappa shape index (κ2) is 6.62. The topological polar surface area (TPSA) is 59.8 Å². The van der Waals surface area contributed by atoms with Gasteiger partial charge in [0.05, 0.1) is 17.7 Å². The number of pyridine rings is 1. The Labute approximate surface area is 137 Å². The molecule has 0 aromatic carbocycles. The summed E-state index contributed by atoms with van der Waals surface area (Å²) in [5.41, 5.74) is 1.26. The van der Waals surface area contributed by atoms with Crippen molar-refractivity contribution < 1.29 is 18.0 Å². The fourth-order valence-corrected chi connectivity index (χ4v) is 2.37. The smallest absolute Gasteiger partial charge is 0.354 e. The molecule has 130 valence electrons. The second-order valence-corrected chi connectivity index (χ2v) is 5.86. The molecule has 1 amide bonds. The number of amides is 1. The summed E-state index contributed by atoms with van der Waals surface area (Å²) in [6, 6.07) is 2.26. The van der Waals surface area contributed by atoms with E-state index in [4.69, 9.17) is 0 Å². The van der Waals surface area contributed by atoms with Crippen LogP contribution in [0.15, 0.2) is 18.3 Å². The number of aryl methyl sites for hydroxylation is 1. The van der Waals surface area contributed by atoms with E-state index in [-0.39, 0.29) is 24.2 Å². The first kappa shape index (κ1) is 18.0. The lowest BCUT2D eigenvalue weighted by molar-refractivity contribution is -0.137. The van der Waals surface area contributed by atoms with Gasteiger partial charge in [0.2, 0.25) is 5.91 Å². The molecule has 0 atom stereocenters. The summed E-state index contributed by atoms with van der Waals surface area (Å²) >= 11 is 0. The van der Waals surface area contributed by atoms with Crippen molar-refractivity contribution in [3.05, 3.63) is 40.8 Å². The van der Waals surface area contributed by atoms with Crippen LogP contribution in [-0.2, 0) is 17.4 Å². The molecule has 2 heterocycles. The number of hydrogen-bond acceptors (Lipinski definition) is 3. The van der Waals surface area contributed by atoms with Gasteiger partial charge in [-0.2, -0.15) is 18.3 Å². The minimum Gasteiger partial charge on any atom is -0.354 e. The fourth-order valence-electron chi connectivity index (χ4n) is 2.37. The number of carbonyl (C=O) groups is 1. The summed E-state index contributed by atoms with van der Waals surface area (Å²) in [5, 5.41) is 7.10. The monoisotopic (exact) mass is 340 g/mol. The highest BCUT2D eigenvalue weighted by molar-refractivity contribution is 5.79. The predicted molar refractivity (Wildman–Crippen MR) is 82.8 cm³/mol. The Balaban J connectivity index is 2.29. The van der Waals surface area contributed by atoms with E-state index in [1.54, 1.807) is 13.8 Å². The molecule has 2 aromatic heterocycles. The van der Waals surface area contributed by atoms with Crippen molar-refractivity contribution in [3.63, 3.8) is 0 Å². The normalized spacial score (nSPS) is 11.8. The highest BCUT2D eigenvalue weighted by atomic mass is 19.4. The molecule has 0 bridgehead atoms. The Bertz CT molecular complexity index is 733. The summed E-state index contributed by atoms with van der Waals surface area (Å²) in [6.07, 6.45) is -3.49. The SMILES string of the molecule is Cc1nn(-c2ccc(C(F)(F)F)cn2)c(C)c1CC(=O)NC(C)C. The lowest BCUT2D eigenvalue weighted by Crippen LogP contribution is -2.31. The molecule has 0 aliphatic heterocycles. The maximum absolute atomic E-state index is 12.6. The molecule has 1 N–H and O–H groups in total. The van der Waals surface area contributed by atoms with Crippen LogP contribution in [0.25, 0.3) is 5.82 Å². The van der Waals surface area contributed by atoms with Crippen LogP contribution < -0.4 is 5.32 Å². The second-order valence-electron chi connectivity index (χ2n) is 5.86. The van der Waals surface area contributed by atoms with E-state index in [2.05, 4.69) is 15.4 Å². The first-order valence-corrected chi connectivity index (χ1v) is 7.47. The van der Waals surface area contributed by atoms with Crippen molar-refractivity contribution in [1.29, 1.82) is 0 Å². The third-order valence-corrected chi connectivity index (χ3v) is 3.52. The van der Waals surface area contributed by atoms with E-state index in [9.17, 15) is 18.0 Å². The number of alkyl halides is 3. The van der Waals surface area contributed by atoms with Crippen molar-refractivity contribution in [2.45, 2.75) is 46.3 Å². The zero-order valence-electron chi connectivity index (χ0n) is 13.9. The summed E-state index contributed by atoms with van der Waals surface area (Å²) in [5.74, 6) is 0.148. The molecule has 0 saturated carbocycles. The van der Waals surface area contributed by atoms with E-state index in [1.807, 2.05) is 13.8 Å². The number of halogens is 3. The molecule has 8 heteroatoms. The maximum Gasteiger partial charge on any atom is 0.417 e. The van der Waals surface area contributed by atoms with Crippen molar-refractivity contribution in [2.24, 2.45) is 0 Å². The van der Waals surface area contributed by atoms with Gasteiger partial charge in [0.15, 0.2) is 5.82 Å². The van der Waals surface area contributed by atoms with Crippen LogP contribution in [0.4, 0.5) is 13.2 Å². The average Bonchev–Trinajstić information content (AvgIpc) is 2.74. The van der Waals surface area contributed by atoms with Crippen LogP contribution in [0, 0.1) is 13.8 Å². The maximum atomic E-state index is 12.6. The van der Waals surface area contributed by atoms with Crippen LogP contribution in [0.1, 0.15) is 36.4 Å². The highest BCUT2D eigenvalue weighted by Crippen LogP contribution is 2.29. The Kier molecular flexibility index (Phi) is 4.96. The molecule has 24 heavy (non-hydrogen) atoms. The van der Waals surface area contributed by atoms with Gasteiger partial charge in [-0.1, -0.05) is 0 Å². The van der Waals surface area contributed by atoms with Crippen LogP contribution in [0.2, 0.25) is 0 Å². The molecule has 2 rings (SSSR count). The van der Waals surface area contributed by atoms with Crippen LogP contribution in [-0.4, -0.2) is 26.7 Å². The van der Waals surface area contributed by atoms with Gasteiger partial charge in [-0.15, -0.1) is 0 Å². The number of rotatable bonds is 4. The van der Waals surface area contributed by atoms with Crippen LogP contribution in [0.5, 0.6) is 0 Å². The van der Waals surface area contributed by atoms with Crippen LogP contribution >= 0.6 is 0 Å². The zero-order valence-corrected chi connectivity index (χ0v) is 13.9. The number of hydrogen-bond donors (Lipinski definition) is 1. The Morgan fingerprint density at radius 3 is 2.46 bits per heavy atom.